The van der Waals surface area contributed by atoms with E-state index in [9.17, 15) is 109 Å². The van der Waals surface area contributed by atoms with E-state index in [-0.39, 0.29) is 0 Å². The van der Waals surface area contributed by atoms with E-state index < -0.39 is 214 Å². The van der Waals surface area contributed by atoms with Crippen LogP contribution < -0.4 is 10.6 Å². The summed E-state index contributed by atoms with van der Waals surface area (Å²) in [7, 11) is -5.43. The SMILES string of the molecule is CC(=O)N[C@H]1[C@H]([C@H](O)[C@@H](CO)OS(=O)(=O)O)OC(OC[C@H]2OC(O[C@H](CO)[C@@H](O)[C@@H]3OC(OC[C@H]4OC(O)[C@H](O)[C@@H](O)[C@@H]4O)(C(=O)O)C[C@H](O)[C@H]3NC(=O)CO)[C@H](O)[C@@H](O)[C@@H]2O)(C(=O)O)C[C@@H]1O. The quantitative estimate of drug-likeness (QED) is 0.0475. The Kier molecular flexibility index (Phi) is 19.8. The Hall–Kier alpha value is -3.09. The number of nitrogens with one attached hydrogen (secondary N) is 2. The van der Waals surface area contributed by atoms with Crippen molar-refractivity contribution in [2.75, 3.05) is 33.0 Å². The predicted molar refractivity (Wildman–Crippen MR) is 203 cm³/mol. The number of carbonyl (C=O) groups is 4. The number of hydrogen-bond acceptors (Lipinski definition) is 28. The van der Waals surface area contributed by atoms with Gasteiger partial charge in [0.2, 0.25) is 11.8 Å². The molecule has 68 heavy (non-hydrogen) atoms. The summed E-state index contributed by atoms with van der Waals surface area (Å²) in [5.41, 5.74) is 0. The molecule has 4 aliphatic rings. The minimum absolute atomic E-state index is 0.914. The van der Waals surface area contributed by atoms with Gasteiger partial charge >= 0.3 is 22.3 Å². The molecule has 0 saturated carbocycles. The van der Waals surface area contributed by atoms with Crippen molar-refractivity contribution in [3.63, 3.8) is 0 Å². The summed E-state index contributed by atoms with van der Waals surface area (Å²) in [5, 5.41) is 172. The van der Waals surface area contributed by atoms with Crippen molar-refractivity contribution in [3.8, 4) is 0 Å². The van der Waals surface area contributed by atoms with E-state index in [1.54, 1.807) is 0 Å². The van der Waals surface area contributed by atoms with Crippen LogP contribution in [0.25, 0.3) is 0 Å². The molecule has 394 valence electrons. The van der Waals surface area contributed by atoms with Gasteiger partial charge in [0.15, 0.2) is 12.6 Å². The van der Waals surface area contributed by atoms with Gasteiger partial charge in [-0.05, 0) is 0 Å². The van der Waals surface area contributed by atoms with Crippen molar-refractivity contribution in [3.05, 3.63) is 0 Å². The molecule has 34 heteroatoms. The highest BCUT2D eigenvalue weighted by atomic mass is 32.3. The maximum atomic E-state index is 12.7. The van der Waals surface area contributed by atoms with Gasteiger partial charge in [-0.3, -0.25) is 14.1 Å². The molecule has 0 spiro atoms. The van der Waals surface area contributed by atoms with Crippen molar-refractivity contribution >= 4 is 34.2 Å². The second-order valence-electron chi connectivity index (χ2n) is 16.1. The lowest BCUT2D eigenvalue weighted by Crippen LogP contribution is -2.69. The Bertz CT molecular complexity index is 1840. The molecule has 0 aromatic heterocycles. The fraction of sp³-hybridized carbons (Fsp3) is 0.882. The molecule has 4 fully saturated rings. The number of aliphatic carboxylic acids is 2. The number of aliphatic hydroxyl groups excluding tert-OH is 14. The maximum absolute atomic E-state index is 12.7. The van der Waals surface area contributed by atoms with E-state index in [0.717, 1.165) is 6.92 Å². The van der Waals surface area contributed by atoms with Crippen LogP contribution >= 0.6 is 0 Å². The lowest BCUT2D eigenvalue weighted by molar-refractivity contribution is -0.354. The van der Waals surface area contributed by atoms with Crippen molar-refractivity contribution in [1.29, 1.82) is 0 Å². The van der Waals surface area contributed by atoms with Crippen molar-refractivity contribution < 1.29 is 151 Å². The second kappa shape index (κ2) is 23.4. The normalized spacial score (nSPS) is 40.9. The van der Waals surface area contributed by atoms with Crippen molar-refractivity contribution in [2.24, 2.45) is 0 Å². The molecule has 19 N–H and O–H groups in total. The van der Waals surface area contributed by atoms with Crippen molar-refractivity contribution in [1.82, 2.24) is 10.6 Å². The number of carboxylic acids is 2. The lowest BCUT2D eigenvalue weighted by atomic mass is 9.88. The first kappa shape index (κ1) is 57.5. The minimum Gasteiger partial charge on any atom is -0.477 e. The highest BCUT2D eigenvalue weighted by molar-refractivity contribution is 7.80. The number of rotatable bonds is 21. The molecule has 0 bridgehead atoms. The molecule has 22 atom stereocenters. The molecule has 0 aromatic rings. The molecular formula is C34H56N2O31S. The fourth-order valence-corrected chi connectivity index (χ4v) is 8.23. The third-order valence-electron chi connectivity index (χ3n) is 11.3. The Labute approximate surface area is 382 Å². The Balaban J connectivity index is 1.60. The van der Waals surface area contributed by atoms with Crippen LogP contribution in [0.5, 0.6) is 0 Å². The largest absolute Gasteiger partial charge is 0.477 e. The molecule has 4 rings (SSSR count). The molecule has 0 aliphatic carbocycles. The van der Waals surface area contributed by atoms with Gasteiger partial charge in [0.25, 0.3) is 11.6 Å². The van der Waals surface area contributed by atoms with Gasteiger partial charge in [-0.15, -0.1) is 0 Å². The second-order valence-corrected chi connectivity index (χ2v) is 17.1. The van der Waals surface area contributed by atoms with E-state index in [2.05, 4.69) is 14.8 Å². The number of ether oxygens (including phenoxy) is 7. The molecule has 2 amide bonds. The Morgan fingerprint density at radius 1 is 0.662 bits per heavy atom. The van der Waals surface area contributed by atoms with Crippen LogP contribution in [0.1, 0.15) is 19.8 Å². The zero-order chi connectivity index (χ0) is 51.4. The first-order valence-electron chi connectivity index (χ1n) is 20.2. The molecule has 0 aromatic carbocycles. The Morgan fingerprint density at radius 3 is 1.53 bits per heavy atom. The zero-order valence-corrected chi connectivity index (χ0v) is 36.0. The number of aliphatic hydroxyl groups is 14. The van der Waals surface area contributed by atoms with Gasteiger partial charge in [-0.2, -0.15) is 8.42 Å². The van der Waals surface area contributed by atoms with Gasteiger partial charge in [-0.1, -0.05) is 0 Å². The van der Waals surface area contributed by atoms with Gasteiger partial charge in [0, 0.05) is 19.8 Å². The van der Waals surface area contributed by atoms with Gasteiger partial charge in [0.1, 0.15) is 92.1 Å². The molecule has 4 aliphatic heterocycles. The van der Waals surface area contributed by atoms with E-state index >= 15 is 0 Å². The number of carbonyl (C=O) groups excluding carboxylic acids is 2. The summed E-state index contributed by atoms with van der Waals surface area (Å²) in [4.78, 5) is 49.8. The predicted octanol–water partition coefficient (Wildman–Crippen LogP) is -12.3. The standard InChI is InChI=1S/C34H56N2O31S/c1-9(40)35-17-10(41)2-33(31(53)54,65-27(17)22(47)13(5-38)67-68(57,58)59)61-8-15-20(45)24(49)26(51)30(64-15)63-12(4-37)21(46)28-18(36-16(43)6-39)11(42)3-34(66-28,32(55)56)60-7-14-19(44)23(48)25(50)29(52)62-14/h10-15,17-30,37-39,41-42,44-52H,2-8H2,1H3,(H,35,40)(H,36,43)(H,53,54)(H,55,56)(H,57,58,59)/t10-,11-,12+,13+,14+,15+,17+,18+,19+,20+,21+,22+,23-,24-,25+,26+,27+,28+,29?,30?,33?,34?/m0/s1. The first-order chi connectivity index (χ1) is 31.6. The number of hydrogen-bond donors (Lipinski definition) is 19. The highest BCUT2D eigenvalue weighted by Crippen LogP contribution is 2.38. The topological polar surface area (TPSA) is 544 Å². The monoisotopic (exact) mass is 1020 g/mol. The molecule has 4 heterocycles. The van der Waals surface area contributed by atoms with E-state index in [4.69, 9.17) is 37.7 Å². The fourth-order valence-electron chi connectivity index (χ4n) is 7.74. The van der Waals surface area contributed by atoms with Crippen LogP contribution in [0.4, 0.5) is 0 Å². The zero-order valence-electron chi connectivity index (χ0n) is 35.2. The molecule has 4 saturated heterocycles. The average Bonchev–Trinajstić information content (AvgIpc) is 3.27. The number of amides is 2. The van der Waals surface area contributed by atoms with Crippen LogP contribution in [-0.4, -0.2) is 285 Å². The molecule has 0 radical (unpaired) electrons. The number of carboxylic acid groups (broad SMARTS) is 2. The summed E-state index contributed by atoms with van der Waals surface area (Å²) in [6.45, 7) is -5.44. The summed E-state index contributed by atoms with van der Waals surface area (Å²) in [5.74, 6) is -12.6. The van der Waals surface area contributed by atoms with Crippen LogP contribution in [0.15, 0.2) is 0 Å². The van der Waals surface area contributed by atoms with Gasteiger partial charge in [-0.25, -0.2) is 13.8 Å². The van der Waals surface area contributed by atoms with Crippen LogP contribution in [0, 0.1) is 0 Å². The summed E-state index contributed by atoms with van der Waals surface area (Å²) in [6, 6.07) is -3.72. The highest BCUT2D eigenvalue weighted by Gasteiger charge is 2.59. The summed E-state index contributed by atoms with van der Waals surface area (Å²) < 4.78 is 74.0. The van der Waals surface area contributed by atoms with Crippen LogP contribution in [0.2, 0.25) is 0 Å². The molecule has 4 unspecified atom stereocenters. The average molecular weight is 1020 g/mol. The van der Waals surface area contributed by atoms with E-state index in [0.29, 0.717) is 0 Å². The van der Waals surface area contributed by atoms with Gasteiger partial charge in [0.05, 0.1) is 50.7 Å². The third kappa shape index (κ3) is 13.1. The van der Waals surface area contributed by atoms with E-state index in [1.807, 2.05) is 0 Å². The third-order valence-corrected chi connectivity index (χ3v) is 11.8. The molecule has 33 nitrogen and oxygen atoms in total. The van der Waals surface area contributed by atoms with Crippen LogP contribution in [-0.2, 0) is 66.9 Å². The summed E-state index contributed by atoms with van der Waals surface area (Å²) in [6.07, 6.45) is -41.9. The smallest absolute Gasteiger partial charge is 0.397 e. The van der Waals surface area contributed by atoms with Crippen molar-refractivity contribution in [2.45, 2.75) is 154 Å². The minimum atomic E-state index is -5.43. The summed E-state index contributed by atoms with van der Waals surface area (Å²) >= 11 is 0. The first-order valence-corrected chi connectivity index (χ1v) is 21.5. The molecular weight excluding hydrogens is 964 g/mol. The van der Waals surface area contributed by atoms with Gasteiger partial charge < -0.3 is 125 Å². The van der Waals surface area contributed by atoms with Crippen LogP contribution in [0.3, 0.4) is 0 Å². The maximum Gasteiger partial charge on any atom is 0.397 e. The Morgan fingerprint density at radius 2 is 1.10 bits per heavy atom. The van der Waals surface area contributed by atoms with E-state index in [1.165, 1.54) is 0 Å². The lowest BCUT2D eigenvalue weighted by Gasteiger charge is -2.48.